The first-order valence-electron chi connectivity index (χ1n) is 5.62. The maximum absolute atomic E-state index is 5.42. The van der Waals surface area contributed by atoms with Crippen LogP contribution < -0.4 is 5.32 Å². The highest BCUT2D eigenvalue weighted by molar-refractivity contribution is 7.10. The first-order chi connectivity index (χ1) is 7.33. The van der Waals surface area contributed by atoms with Gasteiger partial charge in [0.25, 0.3) is 0 Å². The average Bonchev–Trinajstić information content (AvgIpc) is 2.68. The number of aryl methyl sites for hydroxylation is 1. The first-order valence-corrected chi connectivity index (χ1v) is 6.50. The van der Waals surface area contributed by atoms with E-state index in [2.05, 4.69) is 30.7 Å². The molecular weight excluding hydrogens is 206 g/mol. The van der Waals surface area contributed by atoms with E-state index in [0.717, 1.165) is 19.1 Å². The first kappa shape index (κ1) is 11.1. The SMILES string of the molecule is CNC(c1sccc1C)C1CCOCC1. The lowest BCUT2D eigenvalue weighted by Crippen LogP contribution is -2.29. The lowest BCUT2D eigenvalue weighted by molar-refractivity contribution is 0.0550. The number of thiophene rings is 1. The minimum Gasteiger partial charge on any atom is -0.381 e. The Labute approximate surface area is 95.6 Å². The van der Waals surface area contributed by atoms with Gasteiger partial charge in [0.1, 0.15) is 0 Å². The van der Waals surface area contributed by atoms with Crippen molar-refractivity contribution in [1.82, 2.24) is 5.32 Å². The fraction of sp³-hybridized carbons (Fsp3) is 0.667. The molecule has 1 saturated heterocycles. The molecule has 1 aromatic rings. The lowest BCUT2D eigenvalue weighted by atomic mass is 9.90. The number of hydrogen-bond acceptors (Lipinski definition) is 3. The van der Waals surface area contributed by atoms with Crippen molar-refractivity contribution in [3.63, 3.8) is 0 Å². The maximum atomic E-state index is 5.42. The summed E-state index contributed by atoms with van der Waals surface area (Å²) in [5, 5.41) is 5.66. The van der Waals surface area contributed by atoms with Gasteiger partial charge in [-0.2, -0.15) is 0 Å². The van der Waals surface area contributed by atoms with E-state index in [0.29, 0.717) is 6.04 Å². The molecule has 1 atom stereocenters. The summed E-state index contributed by atoms with van der Waals surface area (Å²) >= 11 is 1.87. The zero-order chi connectivity index (χ0) is 10.7. The highest BCUT2D eigenvalue weighted by Gasteiger charge is 2.25. The van der Waals surface area contributed by atoms with Crippen molar-refractivity contribution in [1.29, 1.82) is 0 Å². The molecule has 0 radical (unpaired) electrons. The molecule has 0 bridgehead atoms. The monoisotopic (exact) mass is 225 g/mol. The summed E-state index contributed by atoms with van der Waals surface area (Å²) in [5.74, 6) is 0.737. The van der Waals surface area contributed by atoms with Gasteiger partial charge in [-0.3, -0.25) is 0 Å². The molecule has 3 heteroatoms. The van der Waals surface area contributed by atoms with Gasteiger partial charge in [0.15, 0.2) is 0 Å². The van der Waals surface area contributed by atoms with E-state index in [1.165, 1.54) is 23.3 Å². The van der Waals surface area contributed by atoms with Gasteiger partial charge in [-0.15, -0.1) is 11.3 Å². The molecule has 1 aliphatic heterocycles. The molecule has 0 spiro atoms. The molecule has 1 N–H and O–H groups in total. The fourth-order valence-corrected chi connectivity index (χ4v) is 3.46. The second-order valence-electron chi connectivity index (χ2n) is 4.18. The third kappa shape index (κ3) is 2.41. The Morgan fingerprint density at radius 1 is 1.47 bits per heavy atom. The number of hydrogen-bond donors (Lipinski definition) is 1. The van der Waals surface area contributed by atoms with Crippen molar-refractivity contribution in [3.05, 3.63) is 21.9 Å². The van der Waals surface area contributed by atoms with Crippen LogP contribution in [0.1, 0.15) is 29.3 Å². The molecule has 2 rings (SSSR count). The lowest BCUT2D eigenvalue weighted by Gasteiger charge is -2.30. The zero-order valence-electron chi connectivity index (χ0n) is 9.45. The smallest absolute Gasteiger partial charge is 0.0469 e. The Morgan fingerprint density at radius 2 is 2.20 bits per heavy atom. The summed E-state index contributed by atoms with van der Waals surface area (Å²) in [7, 11) is 2.07. The van der Waals surface area contributed by atoms with Gasteiger partial charge < -0.3 is 10.1 Å². The normalized spacial score (nSPS) is 20.4. The van der Waals surface area contributed by atoms with Gasteiger partial charge in [0, 0.05) is 24.1 Å². The van der Waals surface area contributed by atoms with E-state index in [4.69, 9.17) is 4.74 Å². The number of nitrogens with one attached hydrogen (secondary N) is 1. The van der Waals surface area contributed by atoms with Crippen molar-refractivity contribution in [2.24, 2.45) is 5.92 Å². The predicted octanol–water partition coefficient (Wildman–Crippen LogP) is 2.74. The van der Waals surface area contributed by atoms with Crippen molar-refractivity contribution < 1.29 is 4.74 Å². The second kappa shape index (κ2) is 5.10. The third-order valence-corrected chi connectivity index (χ3v) is 4.33. The van der Waals surface area contributed by atoms with Crippen LogP contribution in [0.5, 0.6) is 0 Å². The summed E-state index contributed by atoms with van der Waals surface area (Å²) in [4.78, 5) is 1.50. The third-order valence-electron chi connectivity index (χ3n) is 3.23. The molecule has 1 fully saturated rings. The highest BCUT2D eigenvalue weighted by atomic mass is 32.1. The summed E-state index contributed by atoms with van der Waals surface area (Å²) in [6, 6.07) is 2.73. The van der Waals surface area contributed by atoms with Gasteiger partial charge in [0.05, 0.1) is 0 Å². The quantitative estimate of drug-likeness (QED) is 0.854. The molecule has 84 valence electrons. The topological polar surface area (TPSA) is 21.3 Å². The van der Waals surface area contributed by atoms with Crippen LogP contribution in [0.15, 0.2) is 11.4 Å². The van der Waals surface area contributed by atoms with Crippen LogP contribution in [-0.2, 0) is 4.74 Å². The molecule has 1 aromatic heterocycles. The molecule has 0 amide bonds. The van der Waals surface area contributed by atoms with E-state index >= 15 is 0 Å². The molecule has 15 heavy (non-hydrogen) atoms. The molecule has 2 heterocycles. The molecule has 1 unspecified atom stereocenters. The minimum atomic E-state index is 0.522. The van der Waals surface area contributed by atoms with Crippen molar-refractivity contribution >= 4 is 11.3 Å². The summed E-state index contributed by atoms with van der Waals surface area (Å²) in [6.07, 6.45) is 2.37. The number of rotatable bonds is 3. The standard InChI is InChI=1S/C12H19NOS/c1-9-5-8-15-12(9)11(13-2)10-3-6-14-7-4-10/h5,8,10-11,13H,3-4,6-7H2,1-2H3. The fourth-order valence-electron chi connectivity index (χ4n) is 2.33. The highest BCUT2D eigenvalue weighted by Crippen LogP contribution is 2.34. The number of ether oxygens (including phenoxy) is 1. The van der Waals surface area contributed by atoms with Gasteiger partial charge in [-0.25, -0.2) is 0 Å². The van der Waals surface area contributed by atoms with Crippen LogP contribution >= 0.6 is 11.3 Å². The van der Waals surface area contributed by atoms with Crippen LogP contribution in [0.4, 0.5) is 0 Å². The van der Waals surface area contributed by atoms with Gasteiger partial charge in [0.2, 0.25) is 0 Å². The van der Waals surface area contributed by atoms with E-state index in [1.807, 2.05) is 11.3 Å². The molecule has 0 aliphatic carbocycles. The summed E-state index contributed by atoms with van der Waals surface area (Å²) in [5.41, 5.74) is 1.42. The maximum Gasteiger partial charge on any atom is 0.0469 e. The Bertz CT molecular complexity index is 304. The summed E-state index contributed by atoms with van der Waals surface area (Å²) in [6.45, 7) is 4.05. The molecule has 0 aromatic carbocycles. The zero-order valence-corrected chi connectivity index (χ0v) is 10.3. The Kier molecular flexibility index (Phi) is 3.78. The van der Waals surface area contributed by atoms with Gasteiger partial charge >= 0.3 is 0 Å². The molecule has 0 saturated carbocycles. The van der Waals surface area contributed by atoms with Crippen molar-refractivity contribution in [2.45, 2.75) is 25.8 Å². The van der Waals surface area contributed by atoms with Crippen molar-refractivity contribution in [3.8, 4) is 0 Å². The molecule has 2 nitrogen and oxygen atoms in total. The minimum absolute atomic E-state index is 0.522. The molecule has 1 aliphatic rings. The largest absolute Gasteiger partial charge is 0.381 e. The van der Waals surface area contributed by atoms with E-state index < -0.39 is 0 Å². The van der Waals surface area contributed by atoms with E-state index in [-0.39, 0.29) is 0 Å². The van der Waals surface area contributed by atoms with Crippen LogP contribution in [0.2, 0.25) is 0 Å². The second-order valence-corrected chi connectivity index (χ2v) is 5.13. The average molecular weight is 225 g/mol. The van der Waals surface area contributed by atoms with E-state index in [9.17, 15) is 0 Å². The summed E-state index contributed by atoms with van der Waals surface area (Å²) < 4.78 is 5.42. The Hall–Kier alpha value is -0.380. The van der Waals surface area contributed by atoms with Gasteiger partial charge in [-0.05, 0) is 49.7 Å². The Balaban J connectivity index is 2.12. The van der Waals surface area contributed by atoms with Crippen LogP contribution in [0.3, 0.4) is 0 Å². The van der Waals surface area contributed by atoms with Crippen LogP contribution in [0.25, 0.3) is 0 Å². The van der Waals surface area contributed by atoms with E-state index in [1.54, 1.807) is 0 Å². The Morgan fingerprint density at radius 3 is 2.73 bits per heavy atom. The van der Waals surface area contributed by atoms with Crippen LogP contribution in [-0.4, -0.2) is 20.3 Å². The van der Waals surface area contributed by atoms with Crippen LogP contribution in [0, 0.1) is 12.8 Å². The van der Waals surface area contributed by atoms with Crippen molar-refractivity contribution in [2.75, 3.05) is 20.3 Å². The van der Waals surface area contributed by atoms with Gasteiger partial charge in [-0.1, -0.05) is 0 Å². The predicted molar refractivity (Wildman–Crippen MR) is 64.4 cm³/mol. The molecular formula is C12H19NOS.